The molecule has 1 aromatic carbocycles. The summed E-state index contributed by atoms with van der Waals surface area (Å²) in [6.07, 6.45) is 7.68. The number of rotatable bonds is 3. The lowest BCUT2D eigenvalue weighted by atomic mass is 10.1. The van der Waals surface area contributed by atoms with Gasteiger partial charge in [0.1, 0.15) is 5.75 Å². The first kappa shape index (κ1) is 14.3. The molecule has 0 saturated heterocycles. The molecule has 0 spiro atoms. The Labute approximate surface area is 139 Å². The number of guanidine groups is 1. The quantitative estimate of drug-likeness (QED) is 0.694. The van der Waals surface area contributed by atoms with E-state index >= 15 is 0 Å². The Kier molecular flexibility index (Phi) is 3.63. The smallest absolute Gasteiger partial charge is 0.200 e. The molecule has 0 atom stereocenters. The van der Waals surface area contributed by atoms with Gasteiger partial charge in [0.05, 0.1) is 25.4 Å². The molecule has 0 aliphatic carbocycles. The van der Waals surface area contributed by atoms with Gasteiger partial charge in [-0.25, -0.2) is 4.99 Å². The van der Waals surface area contributed by atoms with Crippen LogP contribution in [0.25, 0.3) is 16.6 Å². The van der Waals surface area contributed by atoms with Crippen molar-refractivity contribution in [3.8, 4) is 5.75 Å². The highest BCUT2D eigenvalue weighted by atomic mass is 16.5. The van der Waals surface area contributed by atoms with Gasteiger partial charge in [-0.3, -0.25) is 4.98 Å². The Bertz CT molecular complexity index is 924. The minimum Gasteiger partial charge on any atom is -0.497 e. The van der Waals surface area contributed by atoms with Crippen molar-refractivity contribution in [1.29, 1.82) is 0 Å². The molecule has 6 nitrogen and oxygen atoms in total. The summed E-state index contributed by atoms with van der Waals surface area (Å²) in [6.45, 7) is 0.624. The average molecular weight is 319 g/mol. The lowest BCUT2D eigenvalue weighted by Crippen LogP contribution is -2.32. The lowest BCUT2D eigenvalue weighted by Gasteiger charge is -2.18. The third-order valence-corrected chi connectivity index (χ3v) is 3.92. The highest BCUT2D eigenvalue weighted by molar-refractivity contribution is 6.03. The number of H-pyrrole nitrogens is 1. The molecule has 3 aromatic rings. The highest BCUT2D eigenvalue weighted by Gasteiger charge is 2.13. The second kappa shape index (κ2) is 6.08. The number of benzene rings is 1. The first-order valence-corrected chi connectivity index (χ1v) is 7.67. The van der Waals surface area contributed by atoms with Crippen molar-refractivity contribution in [3.05, 3.63) is 60.6 Å². The maximum Gasteiger partial charge on any atom is 0.200 e. The lowest BCUT2D eigenvalue weighted by molar-refractivity contribution is 0.415. The van der Waals surface area contributed by atoms with Crippen LogP contribution in [-0.2, 0) is 0 Å². The number of anilines is 1. The Morgan fingerprint density at radius 2 is 2.04 bits per heavy atom. The summed E-state index contributed by atoms with van der Waals surface area (Å²) in [5, 5.41) is 7.78. The molecule has 0 fully saturated rings. The zero-order valence-electron chi connectivity index (χ0n) is 13.2. The van der Waals surface area contributed by atoms with Crippen LogP contribution in [0.5, 0.6) is 5.75 Å². The van der Waals surface area contributed by atoms with Gasteiger partial charge in [-0.15, -0.1) is 0 Å². The van der Waals surface area contributed by atoms with E-state index < -0.39 is 0 Å². The number of aromatic amines is 1. The van der Waals surface area contributed by atoms with Gasteiger partial charge in [0.15, 0.2) is 0 Å². The third kappa shape index (κ3) is 2.69. The summed E-state index contributed by atoms with van der Waals surface area (Å²) in [5.41, 5.74) is 4.10. The molecular weight excluding hydrogens is 302 g/mol. The van der Waals surface area contributed by atoms with Crippen molar-refractivity contribution in [2.75, 3.05) is 19.0 Å². The monoisotopic (exact) mass is 319 g/mol. The van der Waals surface area contributed by atoms with E-state index in [0.717, 1.165) is 39.6 Å². The normalized spacial score (nSPS) is 13.9. The SMILES string of the molecule is COc1ccc(NC2=NCC=C(c3c[nH]c4cnccc34)N2)cc1. The predicted octanol–water partition coefficient (Wildman–Crippen LogP) is 2.98. The van der Waals surface area contributed by atoms with Crippen LogP contribution in [0.1, 0.15) is 5.56 Å². The van der Waals surface area contributed by atoms with Crippen molar-refractivity contribution in [2.24, 2.45) is 4.99 Å². The third-order valence-electron chi connectivity index (χ3n) is 3.92. The Hall–Kier alpha value is -3.28. The summed E-state index contributed by atoms with van der Waals surface area (Å²) in [5.74, 6) is 1.55. The van der Waals surface area contributed by atoms with Crippen LogP contribution < -0.4 is 15.4 Å². The molecule has 0 saturated carbocycles. The van der Waals surface area contributed by atoms with Gasteiger partial charge in [0.25, 0.3) is 0 Å². The Morgan fingerprint density at radius 1 is 1.17 bits per heavy atom. The molecule has 0 bridgehead atoms. The van der Waals surface area contributed by atoms with Crippen molar-refractivity contribution < 1.29 is 4.74 Å². The molecule has 120 valence electrons. The van der Waals surface area contributed by atoms with E-state index in [4.69, 9.17) is 4.74 Å². The van der Waals surface area contributed by atoms with Crippen LogP contribution in [0.15, 0.2) is 60.0 Å². The average Bonchev–Trinajstić information content (AvgIpc) is 3.07. The maximum absolute atomic E-state index is 5.17. The van der Waals surface area contributed by atoms with Crippen LogP contribution in [-0.4, -0.2) is 29.6 Å². The van der Waals surface area contributed by atoms with E-state index in [1.54, 1.807) is 13.3 Å². The number of aliphatic imine (C=N–C) groups is 1. The van der Waals surface area contributed by atoms with Crippen molar-refractivity contribution >= 4 is 28.2 Å². The minimum atomic E-state index is 0.624. The molecule has 1 aliphatic heterocycles. The number of pyridine rings is 1. The molecular formula is C18H17N5O. The molecule has 0 radical (unpaired) electrons. The van der Waals surface area contributed by atoms with E-state index in [1.807, 2.05) is 42.7 Å². The highest BCUT2D eigenvalue weighted by Crippen LogP contribution is 2.24. The number of hydrogen-bond donors (Lipinski definition) is 3. The Morgan fingerprint density at radius 3 is 2.88 bits per heavy atom. The number of fused-ring (bicyclic) bond motifs is 1. The largest absolute Gasteiger partial charge is 0.497 e. The van der Waals surface area contributed by atoms with Gasteiger partial charge in [-0.2, -0.15) is 0 Å². The molecule has 2 aromatic heterocycles. The van der Waals surface area contributed by atoms with E-state index in [0.29, 0.717) is 6.54 Å². The van der Waals surface area contributed by atoms with Crippen molar-refractivity contribution in [1.82, 2.24) is 15.3 Å². The number of methoxy groups -OCH3 is 1. The summed E-state index contributed by atoms with van der Waals surface area (Å²) < 4.78 is 5.17. The van der Waals surface area contributed by atoms with Gasteiger partial charge in [0.2, 0.25) is 5.96 Å². The number of ether oxygens (including phenoxy) is 1. The maximum atomic E-state index is 5.17. The van der Waals surface area contributed by atoms with Crippen LogP contribution >= 0.6 is 0 Å². The molecule has 0 unspecified atom stereocenters. The standard InChI is InChI=1S/C18H17N5O/c1-24-13-4-2-12(3-5-13)22-18-20-9-7-16(23-18)15-10-21-17-11-19-8-6-14(15)17/h2-8,10-11,21H,9H2,1H3,(H2,20,22,23). The van der Waals surface area contributed by atoms with Gasteiger partial charge in [0, 0.05) is 34.7 Å². The minimum absolute atomic E-state index is 0.624. The molecule has 6 heteroatoms. The molecule has 3 N–H and O–H groups in total. The molecule has 4 rings (SSSR count). The first-order chi connectivity index (χ1) is 11.8. The van der Waals surface area contributed by atoms with E-state index in [-0.39, 0.29) is 0 Å². The first-order valence-electron chi connectivity index (χ1n) is 7.67. The summed E-state index contributed by atoms with van der Waals surface area (Å²) in [6, 6.07) is 9.74. The fraction of sp³-hybridized carbons (Fsp3) is 0.111. The number of nitrogens with zero attached hydrogens (tertiary/aromatic N) is 2. The van der Waals surface area contributed by atoms with Gasteiger partial charge >= 0.3 is 0 Å². The van der Waals surface area contributed by atoms with Crippen LogP contribution in [0.2, 0.25) is 0 Å². The van der Waals surface area contributed by atoms with Crippen LogP contribution in [0.3, 0.4) is 0 Å². The van der Waals surface area contributed by atoms with E-state index in [1.165, 1.54) is 0 Å². The molecule has 3 heterocycles. The van der Waals surface area contributed by atoms with E-state index in [2.05, 4.69) is 31.7 Å². The molecule has 0 amide bonds. The zero-order chi connectivity index (χ0) is 16.4. The summed E-state index contributed by atoms with van der Waals surface area (Å²) in [4.78, 5) is 11.9. The fourth-order valence-corrected chi connectivity index (χ4v) is 2.70. The molecule has 1 aliphatic rings. The van der Waals surface area contributed by atoms with E-state index in [9.17, 15) is 0 Å². The topological polar surface area (TPSA) is 74.3 Å². The van der Waals surface area contributed by atoms with Crippen molar-refractivity contribution in [2.45, 2.75) is 0 Å². The zero-order valence-corrected chi connectivity index (χ0v) is 13.2. The second-order valence-electron chi connectivity index (χ2n) is 5.41. The number of hydrogen-bond acceptors (Lipinski definition) is 5. The van der Waals surface area contributed by atoms with Crippen molar-refractivity contribution in [3.63, 3.8) is 0 Å². The van der Waals surface area contributed by atoms with Crippen LogP contribution in [0.4, 0.5) is 5.69 Å². The Balaban J connectivity index is 1.53. The molecule has 24 heavy (non-hydrogen) atoms. The van der Waals surface area contributed by atoms with Gasteiger partial charge in [-0.05, 0) is 36.4 Å². The second-order valence-corrected chi connectivity index (χ2v) is 5.41. The summed E-state index contributed by atoms with van der Waals surface area (Å²) >= 11 is 0. The predicted molar refractivity (Wildman–Crippen MR) is 96.1 cm³/mol. The number of aromatic nitrogens is 2. The van der Waals surface area contributed by atoms with Gasteiger partial charge < -0.3 is 20.4 Å². The summed E-state index contributed by atoms with van der Waals surface area (Å²) in [7, 11) is 1.66. The van der Waals surface area contributed by atoms with Crippen LogP contribution in [0, 0.1) is 0 Å². The van der Waals surface area contributed by atoms with Gasteiger partial charge in [-0.1, -0.05) is 0 Å². The number of nitrogens with one attached hydrogen (secondary N) is 3. The fourth-order valence-electron chi connectivity index (χ4n) is 2.70.